The van der Waals surface area contributed by atoms with E-state index in [2.05, 4.69) is 26.0 Å². The van der Waals surface area contributed by atoms with E-state index in [0.717, 1.165) is 37.6 Å². The number of aryl methyl sites for hydroxylation is 1. The molecule has 7 nitrogen and oxygen atoms in total. The Morgan fingerprint density at radius 2 is 2.03 bits per heavy atom. The molecular formula is C23H28N4O3. The van der Waals surface area contributed by atoms with Crippen molar-refractivity contribution in [2.24, 2.45) is 0 Å². The van der Waals surface area contributed by atoms with Gasteiger partial charge < -0.3 is 20.1 Å². The van der Waals surface area contributed by atoms with Gasteiger partial charge in [0, 0.05) is 38.3 Å². The number of nitrogens with one attached hydrogen (secondary N) is 1. The van der Waals surface area contributed by atoms with Crippen LogP contribution in [-0.4, -0.2) is 72.9 Å². The molecule has 2 N–H and O–H groups in total. The van der Waals surface area contributed by atoms with E-state index in [0.29, 0.717) is 17.8 Å². The predicted octanol–water partition coefficient (Wildman–Crippen LogP) is 1.78. The molecule has 158 valence electrons. The van der Waals surface area contributed by atoms with Crippen LogP contribution >= 0.6 is 0 Å². The number of hydrogen-bond acceptors (Lipinski definition) is 6. The molecule has 1 amide bonds. The number of benzene rings is 1. The highest BCUT2D eigenvalue weighted by Gasteiger charge is 2.20. The van der Waals surface area contributed by atoms with Crippen LogP contribution in [0, 0.1) is 19.3 Å². The number of hydrogen-bond donors (Lipinski definition) is 2. The number of aliphatic hydroxyl groups is 1. The topological polar surface area (TPSA) is 77.9 Å². The first kappa shape index (κ1) is 21.8. The molecule has 0 radical (unpaired) electrons. The molecule has 1 aromatic heterocycles. The zero-order valence-corrected chi connectivity index (χ0v) is 17.3. The van der Waals surface area contributed by atoms with E-state index in [9.17, 15) is 9.90 Å². The lowest BCUT2D eigenvalue weighted by Crippen LogP contribution is -2.49. The molecule has 0 spiro atoms. The van der Waals surface area contributed by atoms with Crippen molar-refractivity contribution in [3.05, 3.63) is 53.7 Å². The second-order valence-electron chi connectivity index (χ2n) is 7.33. The number of carbonyl (C=O) groups is 1. The maximum Gasteiger partial charge on any atom is 0.255 e. The van der Waals surface area contributed by atoms with Crippen LogP contribution in [0.25, 0.3) is 0 Å². The van der Waals surface area contributed by atoms with Crippen LogP contribution < -0.4 is 10.2 Å². The largest absolute Gasteiger partial charge is 0.389 e. The Morgan fingerprint density at radius 1 is 1.27 bits per heavy atom. The summed E-state index contributed by atoms with van der Waals surface area (Å²) in [6, 6.07) is 11.3. The highest BCUT2D eigenvalue weighted by molar-refractivity contribution is 6.05. The number of piperazine rings is 1. The van der Waals surface area contributed by atoms with E-state index in [-0.39, 0.29) is 19.1 Å². The zero-order chi connectivity index (χ0) is 21.3. The van der Waals surface area contributed by atoms with Crippen LogP contribution in [0.5, 0.6) is 0 Å². The van der Waals surface area contributed by atoms with Gasteiger partial charge in [0.25, 0.3) is 5.91 Å². The van der Waals surface area contributed by atoms with Gasteiger partial charge in [-0.3, -0.25) is 9.69 Å². The molecular weight excluding hydrogens is 380 g/mol. The van der Waals surface area contributed by atoms with Gasteiger partial charge in [-0.15, -0.1) is 6.42 Å². The summed E-state index contributed by atoms with van der Waals surface area (Å²) in [6.45, 7) is 6.26. The molecule has 1 aliphatic rings. The molecule has 1 fully saturated rings. The Balaban J connectivity index is 1.47. The average molecular weight is 409 g/mol. The highest BCUT2D eigenvalue weighted by Crippen LogP contribution is 2.17. The van der Waals surface area contributed by atoms with Gasteiger partial charge in [0.2, 0.25) is 0 Å². The number of ether oxygens (including phenoxy) is 1. The van der Waals surface area contributed by atoms with Crippen molar-refractivity contribution in [2.45, 2.75) is 13.0 Å². The number of amides is 1. The van der Waals surface area contributed by atoms with Crippen LogP contribution in [-0.2, 0) is 4.74 Å². The number of anilines is 2. The smallest absolute Gasteiger partial charge is 0.255 e. The third-order valence-electron chi connectivity index (χ3n) is 5.06. The molecule has 3 rings (SSSR count). The molecule has 0 aliphatic carbocycles. The summed E-state index contributed by atoms with van der Waals surface area (Å²) in [6.07, 6.45) is 6.28. The van der Waals surface area contributed by atoms with Crippen LogP contribution in [0.3, 0.4) is 0 Å². The molecule has 1 unspecified atom stereocenters. The Morgan fingerprint density at radius 3 is 2.70 bits per heavy atom. The van der Waals surface area contributed by atoms with Crippen molar-refractivity contribution in [2.75, 3.05) is 56.2 Å². The minimum Gasteiger partial charge on any atom is -0.389 e. The quantitative estimate of drug-likeness (QED) is 0.512. The minimum absolute atomic E-state index is 0.138. The molecule has 0 bridgehead atoms. The molecule has 30 heavy (non-hydrogen) atoms. The Hall–Kier alpha value is -2.92. The first-order valence-corrected chi connectivity index (χ1v) is 10.1. The fraction of sp³-hybridized carbons (Fsp3) is 0.391. The van der Waals surface area contributed by atoms with Gasteiger partial charge in [0.1, 0.15) is 12.4 Å². The Kier molecular flexibility index (Phi) is 7.80. The number of β-amino-alcohol motifs (C(OH)–C–C–N with tert-alkyl or cyclic N) is 1. The number of nitrogens with zero attached hydrogens (tertiary/aromatic N) is 3. The van der Waals surface area contributed by atoms with Gasteiger partial charge in [-0.05, 0) is 30.7 Å². The van der Waals surface area contributed by atoms with Crippen LogP contribution in [0.15, 0.2) is 42.6 Å². The predicted molar refractivity (Wildman–Crippen MR) is 118 cm³/mol. The van der Waals surface area contributed by atoms with Gasteiger partial charge in [-0.1, -0.05) is 24.1 Å². The standard InChI is InChI=1S/C23H28N4O3/c1-3-14-30-17-20(28)16-26-10-12-27(13-11-26)22-9-8-19(15-24-22)25-23(29)21-7-5-4-6-18(21)2/h1,4-9,15,20,28H,10-14,16-17H2,2H3,(H,25,29). The molecule has 1 saturated heterocycles. The summed E-state index contributed by atoms with van der Waals surface area (Å²) in [7, 11) is 0. The number of aromatic nitrogens is 1. The highest BCUT2D eigenvalue weighted by atomic mass is 16.5. The number of carbonyl (C=O) groups excluding carboxylic acids is 1. The van der Waals surface area contributed by atoms with Crippen LogP contribution in [0.4, 0.5) is 11.5 Å². The maximum absolute atomic E-state index is 12.4. The zero-order valence-electron chi connectivity index (χ0n) is 17.3. The molecule has 0 saturated carbocycles. The van der Waals surface area contributed by atoms with Crippen LogP contribution in [0.2, 0.25) is 0 Å². The number of aliphatic hydroxyl groups excluding tert-OH is 1. The van der Waals surface area contributed by atoms with Crippen molar-refractivity contribution in [3.63, 3.8) is 0 Å². The van der Waals surface area contributed by atoms with Crippen molar-refractivity contribution in [1.82, 2.24) is 9.88 Å². The molecule has 1 aliphatic heterocycles. The monoisotopic (exact) mass is 408 g/mol. The maximum atomic E-state index is 12.4. The Labute approximate surface area is 177 Å². The van der Waals surface area contributed by atoms with Gasteiger partial charge >= 0.3 is 0 Å². The van der Waals surface area contributed by atoms with Crippen molar-refractivity contribution >= 4 is 17.4 Å². The normalized spacial score (nSPS) is 15.4. The molecule has 1 aromatic carbocycles. The summed E-state index contributed by atoms with van der Waals surface area (Å²) >= 11 is 0. The van der Waals surface area contributed by atoms with Crippen molar-refractivity contribution in [3.8, 4) is 12.3 Å². The Bertz CT molecular complexity index is 871. The fourth-order valence-corrected chi connectivity index (χ4v) is 3.44. The first-order valence-electron chi connectivity index (χ1n) is 10.1. The third kappa shape index (κ3) is 6.04. The lowest BCUT2D eigenvalue weighted by Gasteiger charge is -2.36. The fourth-order valence-electron chi connectivity index (χ4n) is 3.44. The van der Waals surface area contributed by atoms with Crippen LogP contribution in [0.1, 0.15) is 15.9 Å². The number of terminal acetylenes is 1. The molecule has 1 atom stereocenters. The van der Waals surface area contributed by atoms with E-state index in [1.165, 1.54) is 0 Å². The molecule has 2 aromatic rings. The first-order chi connectivity index (χ1) is 14.6. The van der Waals surface area contributed by atoms with Gasteiger partial charge in [0.15, 0.2) is 0 Å². The van der Waals surface area contributed by atoms with Crippen molar-refractivity contribution < 1.29 is 14.6 Å². The average Bonchev–Trinajstić information content (AvgIpc) is 2.75. The third-order valence-corrected chi connectivity index (χ3v) is 5.06. The van der Waals surface area contributed by atoms with E-state index < -0.39 is 6.10 Å². The van der Waals surface area contributed by atoms with E-state index >= 15 is 0 Å². The summed E-state index contributed by atoms with van der Waals surface area (Å²) in [5.74, 6) is 3.13. The van der Waals surface area contributed by atoms with E-state index in [4.69, 9.17) is 11.2 Å². The SMILES string of the molecule is C#CCOCC(O)CN1CCN(c2ccc(NC(=O)c3ccccc3C)cn2)CC1. The summed E-state index contributed by atoms with van der Waals surface area (Å²) in [5, 5.41) is 12.9. The lowest BCUT2D eigenvalue weighted by atomic mass is 10.1. The second-order valence-corrected chi connectivity index (χ2v) is 7.33. The lowest BCUT2D eigenvalue weighted by molar-refractivity contribution is 0.0267. The number of rotatable bonds is 8. The van der Waals surface area contributed by atoms with Gasteiger partial charge in [-0.2, -0.15) is 0 Å². The van der Waals surface area contributed by atoms with Crippen molar-refractivity contribution in [1.29, 1.82) is 0 Å². The summed E-state index contributed by atoms with van der Waals surface area (Å²) < 4.78 is 5.19. The number of pyridine rings is 1. The van der Waals surface area contributed by atoms with E-state index in [1.54, 1.807) is 6.20 Å². The minimum atomic E-state index is -0.542. The van der Waals surface area contributed by atoms with Gasteiger partial charge in [0.05, 0.1) is 24.6 Å². The summed E-state index contributed by atoms with van der Waals surface area (Å²) in [4.78, 5) is 21.4. The molecule has 2 heterocycles. The second kappa shape index (κ2) is 10.7. The van der Waals surface area contributed by atoms with Gasteiger partial charge in [-0.25, -0.2) is 4.98 Å². The summed E-state index contributed by atoms with van der Waals surface area (Å²) in [5.41, 5.74) is 2.26. The molecule has 7 heteroatoms. The van der Waals surface area contributed by atoms with E-state index in [1.807, 2.05) is 43.3 Å².